The summed E-state index contributed by atoms with van der Waals surface area (Å²) in [4.78, 5) is 11.1. The maximum Gasteiger partial charge on any atom is 0.158 e. The first-order valence-corrected chi connectivity index (χ1v) is 10.9. The van der Waals surface area contributed by atoms with Crippen molar-refractivity contribution in [3.63, 3.8) is 0 Å². The Balaban J connectivity index is 0.00000306. The first-order chi connectivity index (χ1) is 15.6. The second-order valence-corrected chi connectivity index (χ2v) is 7.81. The maximum atomic E-state index is 13.2. The molecule has 8 heteroatoms. The molecule has 0 aliphatic carbocycles. The van der Waals surface area contributed by atoms with Gasteiger partial charge in [-0.25, -0.2) is 14.4 Å². The van der Waals surface area contributed by atoms with Gasteiger partial charge in [0.25, 0.3) is 0 Å². The first-order valence-electron chi connectivity index (χ1n) is 10.9. The average Bonchev–Trinajstić information content (AvgIpc) is 3.03. The number of hydrogen-bond donors (Lipinski definition) is 3. The van der Waals surface area contributed by atoms with Gasteiger partial charge in [0.1, 0.15) is 17.5 Å². The van der Waals surface area contributed by atoms with Crippen LogP contribution in [-0.2, 0) is 6.42 Å². The molecule has 3 aromatic rings. The van der Waals surface area contributed by atoms with E-state index in [4.69, 9.17) is 10.1 Å². The van der Waals surface area contributed by atoms with Crippen molar-refractivity contribution in [2.75, 3.05) is 35.2 Å². The Morgan fingerprint density at radius 1 is 1.18 bits per heavy atom. The van der Waals surface area contributed by atoms with E-state index in [9.17, 15) is 4.39 Å². The number of aryl methyl sites for hydroxylation is 1. The summed E-state index contributed by atoms with van der Waals surface area (Å²) in [5, 5.41) is 15.6. The number of aliphatic hydroxyl groups excluding tert-OH is 1. The number of aromatic nitrogens is 2. The summed E-state index contributed by atoms with van der Waals surface area (Å²) in [6.07, 6.45) is 4.79. The van der Waals surface area contributed by atoms with Crippen LogP contribution in [0, 0.1) is 5.82 Å². The van der Waals surface area contributed by atoms with E-state index in [1.807, 2.05) is 17.0 Å². The summed E-state index contributed by atoms with van der Waals surface area (Å²) >= 11 is 0. The average molecular weight is 452 g/mol. The molecule has 0 saturated heterocycles. The molecule has 5 N–H and O–H groups in total. The van der Waals surface area contributed by atoms with Crippen LogP contribution in [0.1, 0.15) is 24.8 Å². The van der Waals surface area contributed by atoms with Gasteiger partial charge in [0.2, 0.25) is 0 Å². The van der Waals surface area contributed by atoms with Crippen LogP contribution in [0.15, 0.2) is 67.1 Å². The fourth-order valence-corrected chi connectivity index (χ4v) is 3.77. The molecule has 4 rings (SSSR count). The number of fused-ring (bicyclic) bond motifs is 1. The molecule has 33 heavy (non-hydrogen) atoms. The van der Waals surface area contributed by atoms with Crippen molar-refractivity contribution in [3.05, 3.63) is 78.5 Å². The number of nitrogens with zero attached hydrogens (tertiary/aromatic N) is 3. The highest BCUT2D eigenvalue weighted by atomic mass is 19.1. The SMILES string of the molecule is C=C(Nc1ccc(F)cn1)N1CCCNc2ccc(-c3cccc(CCCCO)c3)nc21.O. The van der Waals surface area contributed by atoms with Crippen LogP contribution in [0.25, 0.3) is 11.3 Å². The minimum atomic E-state index is -0.379. The molecule has 0 fully saturated rings. The monoisotopic (exact) mass is 451 g/mol. The molecular weight excluding hydrogens is 421 g/mol. The number of rotatable bonds is 8. The van der Waals surface area contributed by atoms with Crippen LogP contribution in [-0.4, -0.2) is 40.2 Å². The Bertz CT molecular complexity index is 1070. The van der Waals surface area contributed by atoms with E-state index in [-0.39, 0.29) is 17.9 Å². The Hall–Kier alpha value is -3.49. The summed E-state index contributed by atoms with van der Waals surface area (Å²) in [7, 11) is 0. The van der Waals surface area contributed by atoms with Crippen LogP contribution < -0.4 is 15.5 Å². The molecule has 1 aliphatic rings. The van der Waals surface area contributed by atoms with Gasteiger partial charge in [-0.1, -0.05) is 24.8 Å². The molecule has 3 heterocycles. The first kappa shape index (κ1) is 24.2. The highest BCUT2D eigenvalue weighted by molar-refractivity contribution is 5.74. The Labute approximate surface area is 193 Å². The van der Waals surface area contributed by atoms with E-state index >= 15 is 0 Å². The molecule has 0 saturated carbocycles. The molecule has 0 atom stereocenters. The number of anilines is 3. The lowest BCUT2D eigenvalue weighted by molar-refractivity contribution is 0.284. The van der Waals surface area contributed by atoms with Gasteiger partial charge in [0, 0.05) is 25.3 Å². The van der Waals surface area contributed by atoms with Crippen molar-refractivity contribution in [1.82, 2.24) is 9.97 Å². The zero-order valence-corrected chi connectivity index (χ0v) is 18.5. The predicted molar refractivity (Wildman–Crippen MR) is 131 cm³/mol. The molecule has 1 aliphatic heterocycles. The molecule has 7 nitrogen and oxygen atoms in total. The third-order valence-corrected chi connectivity index (χ3v) is 5.43. The standard InChI is InChI=1S/C25H28FN5O.H2O/c1-18(29-24-12-9-21(26)17-28-24)31-14-5-13-27-23-11-10-22(30-25(23)31)20-8-4-7-19(16-20)6-2-3-15-32;/h4,7-12,16-17,27,32H,1-3,5-6,13-15H2,(H,28,29);1H2. The van der Waals surface area contributed by atoms with Gasteiger partial charge in [-0.15, -0.1) is 0 Å². The van der Waals surface area contributed by atoms with E-state index in [1.165, 1.54) is 17.8 Å². The van der Waals surface area contributed by atoms with E-state index < -0.39 is 0 Å². The van der Waals surface area contributed by atoms with Gasteiger partial charge < -0.3 is 26.1 Å². The molecule has 0 unspecified atom stereocenters. The zero-order valence-electron chi connectivity index (χ0n) is 18.5. The van der Waals surface area contributed by atoms with Crippen LogP contribution in [0.2, 0.25) is 0 Å². The number of pyridine rings is 2. The van der Waals surface area contributed by atoms with Crippen molar-refractivity contribution >= 4 is 17.3 Å². The highest BCUT2D eigenvalue weighted by Crippen LogP contribution is 2.32. The second-order valence-electron chi connectivity index (χ2n) is 7.81. The molecular formula is C25H30FN5O2. The molecule has 0 bridgehead atoms. The van der Waals surface area contributed by atoms with E-state index in [1.54, 1.807) is 6.07 Å². The summed E-state index contributed by atoms with van der Waals surface area (Å²) in [5.41, 5.74) is 4.11. The Morgan fingerprint density at radius 2 is 2.06 bits per heavy atom. The minimum absolute atomic E-state index is 0. The number of unbranched alkanes of at least 4 members (excludes halogenated alkanes) is 1. The van der Waals surface area contributed by atoms with E-state index in [0.29, 0.717) is 11.6 Å². The van der Waals surface area contributed by atoms with Crippen molar-refractivity contribution in [1.29, 1.82) is 0 Å². The van der Waals surface area contributed by atoms with Gasteiger partial charge in [0.15, 0.2) is 5.82 Å². The lowest BCUT2D eigenvalue weighted by Crippen LogP contribution is -2.28. The minimum Gasteiger partial charge on any atom is -0.412 e. The molecule has 0 amide bonds. The predicted octanol–water partition coefficient (Wildman–Crippen LogP) is 3.98. The summed E-state index contributed by atoms with van der Waals surface area (Å²) in [6, 6.07) is 15.4. The lowest BCUT2D eigenvalue weighted by Gasteiger charge is -2.26. The number of benzene rings is 1. The van der Waals surface area contributed by atoms with Gasteiger partial charge in [0.05, 0.1) is 17.6 Å². The topological polar surface area (TPSA) is 105 Å². The molecule has 2 aromatic heterocycles. The van der Waals surface area contributed by atoms with Gasteiger partial charge in [-0.05, 0) is 61.6 Å². The smallest absolute Gasteiger partial charge is 0.158 e. The number of halogens is 1. The largest absolute Gasteiger partial charge is 0.412 e. The van der Waals surface area contributed by atoms with Crippen molar-refractivity contribution in [3.8, 4) is 11.3 Å². The van der Waals surface area contributed by atoms with Crippen molar-refractivity contribution in [2.24, 2.45) is 0 Å². The molecule has 0 radical (unpaired) electrons. The zero-order chi connectivity index (χ0) is 22.3. The van der Waals surface area contributed by atoms with Crippen LogP contribution in [0.3, 0.4) is 0 Å². The van der Waals surface area contributed by atoms with E-state index in [2.05, 4.69) is 46.5 Å². The molecule has 1 aromatic carbocycles. The fourth-order valence-electron chi connectivity index (χ4n) is 3.77. The Morgan fingerprint density at radius 3 is 2.85 bits per heavy atom. The lowest BCUT2D eigenvalue weighted by atomic mass is 10.0. The molecule has 0 spiro atoms. The summed E-state index contributed by atoms with van der Waals surface area (Å²) in [6.45, 7) is 5.99. The maximum absolute atomic E-state index is 13.2. The second kappa shape index (κ2) is 11.4. The summed E-state index contributed by atoms with van der Waals surface area (Å²) in [5.74, 6) is 1.58. The van der Waals surface area contributed by atoms with Crippen molar-refractivity contribution in [2.45, 2.75) is 25.7 Å². The fraction of sp³-hybridized carbons (Fsp3) is 0.280. The molecule has 174 valence electrons. The van der Waals surface area contributed by atoms with E-state index in [0.717, 1.165) is 61.5 Å². The van der Waals surface area contributed by atoms with Crippen LogP contribution in [0.4, 0.5) is 21.7 Å². The third-order valence-electron chi connectivity index (χ3n) is 5.43. The highest BCUT2D eigenvalue weighted by Gasteiger charge is 2.20. The third kappa shape index (κ3) is 6.06. The van der Waals surface area contributed by atoms with Gasteiger partial charge >= 0.3 is 0 Å². The Kier molecular flexibility index (Phi) is 8.34. The number of nitrogens with one attached hydrogen (secondary N) is 2. The van der Waals surface area contributed by atoms with Crippen molar-refractivity contribution < 1.29 is 15.0 Å². The quantitative estimate of drug-likeness (QED) is 0.448. The normalized spacial score (nSPS) is 12.7. The number of hydrogen-bond acceptors (Lipinski definition) is 6. The number of aliphatic hydroxyl groups is 1. The summed E-state index contributed by atoms with van der Waals surface area (Å²) < 4.78 is 13.2. The van der Waals surface area contributed by atoms with Crippen LogP contribution >= 0.6 is 0 Å². The van der Waals surface area contributed by atoms with Gasteiger partial charge in [-0.3, -0.25) is 0 Å². The van der Waals surface area contributed by atoms with Crippen LogP contribution in [0.5, 0.6) is 0 Å². The van der Waals surface area contributed by atoms with Gasteiger partial charge in [-0.2, -0.15) is 0 Å².